The molecule has 0 amide bonds. The highest BCUT2D eigenvalue weighted by Crippen LogP contribution is 2.15. The van der Waals surface area contributed by atoms with Crippen molar-refractivity contribution in [3.8, 4) is 0 Å². The van der Waals surface area contributed by atoms with Crippen molar-refractivity contribution in [1.82, 2.24) is 15.0 Å². The van der Waals surface area contributed by atoms with Crippen LogP contribution in [0.5, 0.6) is 0 Å². The van der Waals surface area contributed by atoms with Gasteiger partial charge in [0.2, 0.25) is 17.2 Å². The van der Waals surface area contributed by atoms with Gasteiger partial charge in [0.05, 0.1) is 0 Å². The Labute approximate surface area is 108 Å². The van der Waals surface area contributed by atoms with Crippen molar-refractivity contribution < 1.29 is 0 Å². The van der Waals surface area contributed by atoms with Gasteiger partial charge in [-0.1, -0.05) is 6.92 Å². The molecule has 5 nitrogen and oxygen atoms in total. The van der Waals surface area contributed by atoms with Crippen LogP contribution >= 0.6 is 11.6 Å². The molecule has 0 aliphatic rings. The summed E-state index contributed by atoms with van der Waals surface area (Å²) in [4.78, 5) is 14.7. The molecule has 96 valence electrons. The summed E-state index contributed by atoms with van der Waals surface area (Å²) in [5, 5.41) is 3.35. The van der Waals surface area contributed by atoms with E-state index in [0.29, 0.717) is 17.9 Å². The number of aromatic nitrogens is 3. The summed E-state index contributed by atoms with van der Waals surface area (Å²) in [7, 11) is 0. The quantitative estimate of drug-likeness (QED) is 0.849. The molecule has 0 bridgehead atoms. The van der Waals surface area contributed by atoms with E-state index in [9.17, 15) is 0 Å². The Balaban J connectivity index is 2.94. The molecule has 1 heterocycles. The second-order valence-electron chi connectivity index (χ2n) is 4.03. The number of nitrogens with one attached hydrogen (secondary N) is 1. The fourth-order valence-electron chi connectivity index (χ4n) is 1.52. The van der Waals surface area contributed by atoms with Gasteiger partial charge in [-0.05, 0) is 38.8 Å². The van der Waals surface area contributed by atoms with E-state index in [1.54, 1.807) is 0 Å². The molecule has 0 saturated heterocycles. The number of hydrogen-bond donors (Lipinski definition) is 1. The predicted octanol–water partition coefficient (Wildman–Crippen LogP) is 2.58. The van der Waals surface area contributed by atoms with Crippen LogP contribution in [-0.4, -0.2) is 34.1 Å². The number of rotatable bonds is 6. The molecule has 0 aromatic carbocycles. The number of nitrogens with zero attached hydrogens (tertiary/aromatic N) is 4. The lowest BCUT2D eigenvalue weighted by Crippen LogP contribution is -2.32. The third-order valence-corrected chi connectivity index (χ3v) is 2.52. The first kappa shape index (κ1) is 14.0. The molecule has 0 aliphatic carbocycles. The van der Waals surface area contributed by atoms with Gasteiger partial charge in [-0.2, -0.15) is 15.0 Å². The summed E-state index contributed by atoms with van der Waals surface area (Å²) in [6, 6.07) is 0.331. The zero-order valence-corrected chi connectivity index (χ0v) is 11.6. The van der Waals surface area contributed by atoms with Crippen molar-refractivity contribution in [2.75, 3.05) is 23.3 Å². The maximum Gasteiger partial charge on any atom is 0.231 e. The first-order valence-corrected chi connectivity index (χ1v) is 6.38. The Morgan fingerprint density at radius 3 is 2.47 bits per heavy atom. The van der Waals surface area contributed by atoms with Crippen molar-refractivity contribution in [3.63, 3.8) is 0 Å². The Hall–Kier alpha value is -1.10. The number of hydrogen-bond acceptors (Lipinski definition) is 5. The molecule has 0 aliphatic heterocycles. The molecule has 0 atom stereocenters. The van der Waals surface area contributed by atoms with Gasteiger partial charge in [-0.3, -0.25) is 0 Å². The zero-order chi connectivity index (χ0) is 12.8. The summed E-state index contributed by atoms with van der Waals surface area (Å²) >= 11 is 5.91. The minimum atomic E-state index is 0.229. The van der Waals surface area contributed by atoms with E-state index in [0.717, 1.165) is 19.5 Å². The normalized spacial score (nSPS) is 10.7. The van der Waals surface area contributed by atoms with Gasteiger partial charge in [-0.15, -0.1) is 0 Å². The summed E-state index contributed by atoms with van der Waals surface area (Å²) < 4.78 is 0. The lowest BCUT2D eigenvalue weighted by molar-refractivity contribution is 0.678. The van der Waals surface area contributed by atoms with E-state index < -0.39 is 0 Å². The highest BCUT2D eigenvalue weighted by molar-refractivity contribution is 6.28. The second-order valence-corrected chi connectivity index (χ2v) is 4.37. The van der Waals surface area contributed by atoms with E-state index in [2.05, 4.69) is 52.9 Å². The molecule has 1 rings (SSSR count). The second kappa shape index (κ2) is 6.59. The Bertz CT molecular complexity index is 356. The van der Waals surface area contributed by atoms with Crippen LogP contribution < -0.4 is 10.2 Å². The smallest absolute Gasteiger partial charge is 0.231 e. The highest BCUT2D eigenvalue weighted by Gasteiger charge is 2.13. The molecule has 17 heavy (non-hydrogen) atoms. The lowest BCUT2D eigenvalue weighted by atomic mass is 10.3. The van der Waals surface area contributed by atoms with E-state index in [1.807, 2.05) is 0 Å². The van der Waals surface area contributed by atoms with Gasteiger partial charge in [0.25, 0.3) is 0 Å². The third kappa shape index (κ3) is 4.00. The molecule has 0 saturated carbocycles. The monoisotopic (exact) mass is 257 g/mol. The Kier molecular flexibility index (Phi) is 5.41. The first-order valence-electron chi connectivity index (χ1n) is 6.00. The van der Waals surface area contributed by atoms with Crippen molar-refractivity contribution in [2.45, 2.75) is 40.2 Å². The average Bonchev–Trinajstić information content (AvgIpc) is 2.26. The standard InChI is InChI=1S/C11H20ClN5/c1-5-7-13-10-14-9(12)15-11(16-10)17(6-2)8(3)4/h8H,5-7H2,1-4H3,(H,13,14,15,16). The maximum atomic E-state index is 5.91. The summed E-state index contributed by atoms with van der Waals surface area (Å²) in [6.45, 7) is 10.0. The molecule has 1 aromatic heterocycles. The number of halogens is 1. The van der Waals surface area contributed by atoms with E-state index >= 15 is 0 Å². The molecular formula is C11H20ClN5. The molecule has 0 radical (unpaired) electrons. The van der Waals surface area contributed by atoms with Crippen LogP contribution in [0.2, 0.25) is 5.28 Å². The SMILES string of the molecule is CCCNc1nc(Cl)nc(N(CC)C(C)C)n1. The van der Waals surface area contributed by atoms with Gasteiger partial charge >= 0.3 is 0 Å². The van der Waals surface area contributed by atoms with Gasteiger partial charge in [0, 0.05) is 19.1 Å². The molecule has 1 aromatic rings. The predicted molar refractivity (Wildman–Crippen MR) is 71.8 cm³/mol. The van der Waals surface area contributed by atoms with Crippen molar-refractivity contribution in [3.05, 3.63) is 5.28 Å². The Morgan fingerprint density at radius 2 is 1.94 bits per heavy atom. The fourth-order valence-corrected chi connectivity index (χ4v) is 1.68. The van der Waals surface area contributed by atoms with Crippen LogP contribution in [0.3, 0.4) is 0 Å². The fraction of sp³-hybridized carbons (Fsp3) is 0.727. The zero-order valence-electron chi connectivity index (χ0n) is 10.9. The van der Waals surface area contributed by atoms with Crippen LogP contribution in [0.1, 0.15) is 34.1 Å². The van der Waals surface area contributed by atoms with Gasteiger partial charge in [-0.25, -0.2) is 0 Å². The lowest BCUT2D eigenvalue weighted by Gasteiger charge is -2.25. The summed E-state index contributed by atoms with van der Waals surface area (Å²) in [5.74, 6) is 1.17. The van der Waals surface area contributed by atoms with Crippen molar-refractivity contribution >= 4 is 23.5 Å². The molecule has 0 fully saturated rings. The minimum Gasteiger partial charge on any atom is -0.354 e. The van der Waals surface area contributed by atoms with Gasteiger partial charge in [0.15, 0.2) is 0 Å². The largest absolute Gasteiger partial charge is 0.354 e. The molecular weight excluding hydrogens is 238 g/mol. The van der Waals surface area contributed by atoms with Crippen LogP contribution in [0.15, 0.2) is 0 Å². The number of anilines is 2. The van der Waals surface area contributed by atoms with Gasteiger partial charge in [0.1, 0.15) is 0 Å². The average molecular weight is 258 g/mol. The molecule has 0 unspecified atom stereocenters. The van der Waals surface area contributed by atoms with Crippen molar-refractivity contribution in [1.29, 1.82) is 0 Å². The van der Waals surface area contributed by atoms with Crippen molar-refractivity contribution in [2.24, 2.45) is 0 Å². The van der Waals surface area contributed by atoms with Crippen LogP contribution in [-0.2, 0) is 0 Å². The summed E-state index contributed by atoms with van der Waals surface area (Å²) in [6.07, 6.45) is 1.01. The summed E-state index contributed by atoms with van der Waals surface area (Å²) in [5.41, 5.74) is 0. The van der Waals surface area contributed by atoms with Gasteiger partial charge < -0.3 is 10.2 Å². The maximum absolute atomic E-state index is 5.91. The van der Waals surface area contributed by atoms with E-state index in [-0.39, 0.29) is 5.28 Å². The topological polar surface area (TPSA) is 53.9 Å². The molecule has 1 N–H and O–H groups in total. The van der Waals surface area contributed by atoms with E-state index in [4.69, 9.17) is 11.6 Å². The van der Waals surface area contributed by atoms with Crippen LogP contribution in [0.4, 0.5) is 11.9 Å². The minimum absolute atomic E-state index is 0.229. The molecule has 6 heteroatoms. The third-order valence-electron chi connectivity index (χ3n) is 2.35. The molecule has 0 spiro atoms. The van der Waals surface area contributed by atoms with Crippen LogP contribution in [0, 0.1) is 0 Å². The van der Waals surface area contributed by atoms with Crippen LogP contribution in [0.25, 0.3) is 0 Å². The van der Waals surface area contributed by atoms with E-state index in [1.165, 1.54) is 0 Å². The Morgan fingerprint density at radius 1 is 1.24 bits per heavy atom. The first-order chi connectivity index (χ1) is 8.08. The highest BCUT2D eigenvalue weighted by atomic mass is 35.5.